The van der Waals surface area contributed by atoms with Crippen LogP contribution in [-0.2, 0) is 14.9 Å². The van der Waals surface area contributed by atoms with Gasteiger partial charge in [0.15, 0.2) is 0 Å². The van der Waals surface area contributed by atoms with Crippen LogP contribution in [0.2, 0.25) is 0 Å². The third kappa shape index (κ3) is 1.76. The molecule has 116 valence electrons. The van der Waals surface area contributed by atoms with Crippen molar-refractivity contribution in [2.24, 2.45) is 0 Å². The van der Waals surface area contributed by atoms with Crippen LogP contribution < -0.4 is 5.32 Å². The van der Waals surface area contributed by atoms with Gasteiger partial charge in [0.05, 0.1) is 11.3 Å². The maximum absolute atomic E-state index is 12.6. The molecule has 4 rings (SSSR count). The van der Waals surface area contributed by atoms with Gasteiger partial charge in [0.2, 0.25) is 5.91 Å². The van der Waals surface area contributed by atoms with E-state index in [1.54, 1.807) is 6.07 Å². The summed E-state index contributed by atoms with van der Waals surface area (Å²) in [5, 5.41) is 2.79. The molecule has 0 atom stereocenters. The van der Waals surface area contributed by atoms with Crippen LogP contribution in [0.1, 0.15) is 67.8 Å². The van der Waals surface area contributed by atoms with E-state index < -0.39 is 0 Å². The van der Waals surface area contributed by atoms with Crippen molar-refractivity contribution in [3.8, 4) is 0 Å². The van der Waals surface area contributed by atoms with E-state index in [4.69, 9.17) is 4.74 Å². The molecule has 2 spiro atoms. The number of rotatable bonds is 1. The van der Waals surface area contributed by atoms with Crippen LogP contribution in [0.5, 0.6) is 0 Å². The number of carbonyl (C=O) groups excluding carboxylic acids is 2. The average molecular weight is 299 g/mol. The van der Waals surface area contributed by atoms with E-state index in [0.29, 0.717) is 11.3 Å². The van der Waals surface area contributed by atoms with E-state index in [-0.39, 0.29) is 22.9 Å². The highest BCUT2D eigenvalue weighted by molar-refractivity contribution is 6.03. The monoisotopic (exact) mass is 299 g/mol. The summed E-state index contributed by atoms with van der Waals surface area (Å²) >= 11 is 0. The largest absolute Gasteiger partial charge is 0.454 e. The van der Waals surface area contributed by atoms with Crippen LogP contribution in [0.15, 0.2) is 18.2 Å². The summed E-state index contributed by atoms with van der Waals surface area (Å²) in [4.78, 5) is 24.0. The number of nitrogens with one attached hydrogen (secondary N) is 1. The summed E-state index contributed by atoms with van der Waals surface area (Å²) in [6.45, 7) is 1.46. The van der Waals surface area contributed by atoms with Crippen molar-refractivity contribution in [1.82, 2.24) is 0 Å². The number of hydrogen-bond acceptors (Lipinski definition) is 3. The highest BCUT2D eigenvalue weighted by Crippen LogP contribution is 2.63. The van der Waals surface area contributed by atoms with Crippen molar-refractivity contribution in [2.75, 3.05) is 5.32 Å². The van der Waals surface area contributed by atoms with E-state index in [2.05, 4.69) is 11.4 Å². The third-order valence-corrected chi connectivity index (χ3v) is 5.67. The second-order valence-corrected chi connectivity index (χ2v) is 6.94. The van der Waals surface area contributed by atoms with Gasteiger partial charge < -0.3 is 10.1 Å². The Kier molecular flexibility index (Phi) is 2.87. The molecule has 0 saturated heterocycles. The van der Waals surface area contributed by atoms with Crippen LogP contribution >= 0.6 is 0 Å². The molecule has 1 aromatic carbocycles. The van der Waals surface area contributed by atoms with Gasteiger partial charge in [-0.25, -0.2) is 4.79 Å². The smallest absolute Gasteiger partial charge is 0.341 e. The molecule has 1 aliphatic heterocycles. The Morgan fingerprint density at radius 1 is 1.14 bits per heavy atom. The van der Waals surface area contributed by atoms with Crippen LogP contribution in [0.4, 0.5) is 5.69 Å². The third-order valence-electron chi connectivity index (χ3n) is 5.67. The van der Waals surface area contributed by atoms with E-state index in [1.807, 2.05) is 6.07 Å². The first-order chi connectivity index (χ1) is 10.6. The van der Waals surface area contributed by atoms with Gasteiger partial charge in [-0.1, -0.05) is 31.4 Å². The van der Waals surface area contributed by atoms with Crippen molar-refractivity contribution < 1.29 is 14.3 Å². The number of benzene rings is 1. The first-order valence-corrected chi connectivity index (χ1v) is 8.22. The zero-order chi connectivity index (χ0) is 15.4. The maximum Gasteiger partial charge on any atom is 0.341 e. The van der Waals surface area contributed by atoms with Gasteiger partial charge >= 0.3 is 5.97 Å². The molecular formula is C18H21NO3. The maximum atomic E-state index is 12.6. The number of hydrogen-bond donors (Lipinski definition) is 1. The predicted octanol–water partition coefficient (Wildman–Crippen LogP) is 3.55. The van der Waals surface area contributed by atoms with Crippen LogP contribution in [0.25, 0.3) is 0 Å². The highest BCUT2D eigenvalue weighted by Gasteiger charge is 2.66. The van der Waals surface area contributed by atoms with Crippen molar-refractivity contribution in [1.29, 1.82) is 0 Å². The van der Waals surface area contributed by atoms with E-state index in [1.165, 1.54) is 26.2 Å². The molecular weight excluding hydrogens is 278 g/mol. The Hall–Kier alpha value is -1.84. The molecule has 0 aromatic heterocycles. The fourth-order valence-corrected chi connectivity index (χ4v) is 4.61. The summed E-state index contributed by atoms with van der Waals surface area (Å²) in [7, 11) is 0. The summed E-state index contributed by atoms with van der Waals surface area (Å²) < 4.78 is 5.94. The fourth-order valence-electron chi connectivity index (χ4n) is 4.61. The van der Waals surface area contributed by atoms with Gasteiger partial charge in [-0.3, -0.25) is 4.79 Å². The highest BCUT2D eigenvalue weighted by atomic mass is 16.6. The van der Waals surface area contributed by atoms with Gasteiger partial charge in [0, 0.05) is 12.3 Å². The quantitative estimate of drug-likeness (QED) is 0.807. The SMILES string of the molecule is CC(=O)Nc1cccc2c1C(=O)OC1(CC1)C21CCCCC1. The van der Waals surface area contributed by atoms with E-state index in [0.717, 1.165) is 31.2 Å². The number of carbonyl (C=O) groups is 2. The number of anilines is 1. The minimum absolute atomic E-state index is 0.0387. The van der Waals surface area contributed by atoms with Crippen molar-refractivity contribution in [3.05, 3.63) is 29.3 Å². The Morgan fingerprint density at radius 2 is 1.86 bits per heavy atom. The average Bonchev–Trinajstić information content (AvgIpc) is 3.27. The van der Waals surface area contributed by atoms with Gasteiger partial charge in [0.1, 0.15) is 5.60 Å². The Bertz CT molecular complexity index is 654. The number of ether oxygens (including phenoxy) is 1. The molecule has 0 radical (unpaired) electrons. The molecule has 3 aliphatic rings. The molecule has 1 amide bonds. The molecule has 2 saturated carbocycles. The summed E-state index contributed by atoms with van der Waals surface area (Å²) in [5.41, 5.74) is 1.97. The second kappa shape index (κ2) is 4.58. The minimum Gasteiger partial charge on any atom is -0.454 e. The van der Waals surface area contributed by atoms with Crippen molar-refractivity contribution in [3.63, 3.8) is 0 Å². The van der Waals surface area contributed by atoms with Crippen LogP contribution in [0, 0.1) is 0 Å². The lowest BCUT2D eigenvalue weighted by atomic mass is 9.62. The molecule has 0 unspecified atom stereocenters. The summed E-state index contributed by atoms with van der Waals surface area (Å²) in [5.74, 6) is -0.432. The molecule has 0 bridgehead atoms. The molecule has 4 heteroatoms. The summed E-state index contributed by atoms with van der Waals surface area (Å²) in [6.07, 6.45) is 7.73. The zero-order valence-corrected chi connectivity index (χ0v) is 12.9. The topological polar surface area (TPSA) is 55.4 Å². The van der Waals surface area contributed by atoms with E-state index in [9.17, 15) is 9.59 Å². The zero-order valence-electron chi connectivity index (χ0n) is 12.9. The standard InChI is InChI=1S/C18H21NO3/c1-12(20)19-14-7-5-6-13-15(14)16(21)22-18(10-11-18)17(13)8-3-2-4-9-17/h5-7H,2-4,8-11H2,1H3,(H,19,20). The van der Waals surface area contributed by atoms with Crippen LogP contribution in [0.3, 0.4) is 0 Å². The molecule has 2 aliphatic carbocycles. The van der Waals surface area contributed by atoms with Crippen molar-refractivity contribution in [2.45, 2.75) is 62.9 Å². The number of esters is 1. The fraction of sp³-hybridized carbons (Fsp3) is 0.556. The van der Waals surface area contributed by atoms with Gasteiger partial charge in [-0.05, 0) is 37.3 Å². The predicted molar refractivity (Wildman–Crippen MR) is 82.9 cm³/mol. The summed E-state index contributed by atoms with van der Waals surface area (Å²) in [6, 6.07) is 5.82. The number of fused-ring (bicyclic) bond motifs is 3. The second-order valence-electron chi connectivity index (χ2n) is 6.94. The Balaban J connectivity index is 1.90. The molecule has 4 nitrogen and oxygen atoms in total. The first-order valence-electron chi connectivity index (χ1n) is 8.22. The molecule has 22 heavy (non-hydrogen) atoms. The lowest BCUT2D eigenvalue weighted by molar-refractivity contribution is -0.114. The Labute approximate surface area is 130 Å². The van der Waals surface area contributed by atoms with Gasteiger partial charge in [0.25, 0.3) is 0 Å². The Morgan fingerprint density at radius 3 is 2.50 bits per heavy atom. The molecule has 1 aromatic rings. The lowest BCUT2D eigenvalue weighted by Crippen LogP contribution is -2.50. The normalized spacial score (nSPS) is 23.8. The molecule has 1 N–H and O–H groups in total. The minimum atomic E-state index is -0.271. The molecule has 2 fully saturated rings. The van der Waals surface area contributed by atoms with E-state index >= 15 is 0 Å². The van der Waals surface area contributed by atoms with Crippen LogP contribution in [-0.4, -0.2) is 17.5 Å². The molecule has 1 heterocycles. The van der Waals surface area contributed by atoms with Gasteiger partial charge in [-0.15, -0.1) is 0 Å². The lowest BCUT2D eigenvalue weighted by Gasteiger charge is -2.48. The first kappa shape index (κ1) is 13.8. The van der Waals surface area contributed by atoms with Crippen molar-refractivity contribution >= 4 is 17.6 Å². The number of amides is 1. The van der Waals surface area contributed by atoms with Gasteiger partial charge in [-0.2, -0.15) is 0 Å².